The highest BCUT2D eigenvalue weighted by atomic mass is 35.5. The summed E-state index contributed by atoms with van der Waals surface area (Å²) in [6.45, 7) is 6.44. The SMILES string of the molecule is COC(C)(C)[C@@H](C)NC1CC(c2ccc(Cl)cc2)C1. The van der Waals surface area contributed by atoms with Crippen LogP contribution >= 0.6 is 11.6 Å². The van der Waals surface area contributed by atoms with Crippen LogP contribution in [0.3, 0.4) is 0 Å². The van der Waals surface area contributed by atoms with Crippen molar-refractivity contribution in [2.75, 3.05) is 7.11 Å². The van der Waals surface area contributed by atoms with Gasteiger partial charge in [-0.1, -0.05) is 23.7 Å². The Morgan fingerprint density at radius 1 is 1.26 bits per heavy atom. The molecule has 1 saturated carbocycles. The van der Waals surface area contributed by atoms with Crippen LogP contribution in [-0.4, -0.2) is 24.8 Å². The highest BCUT2D eigenvalue weighted by molar-refractivity contribution is 6.30. The fourth-order valence-electron chi connectivity index (χ4n) is 2.49. The molecular weight excluding hydrogens is 258 g/mol. The molecule has 0 aliphatic heterocycles. The predicted molar refractivity (Wildman–Crippen MR) is 80.9 cm³/mol. The van der Waals surface area contributed by atoms with Gasteiger partial charge < -0.3 is 10.1 Å². The van der Waals surface area contributed by atoms with Crippen molar-refractivity contribution in [3.8, 4) is 0 Å². The van der Waals surface area contributed by atoms with Crippen LogP contribution in [0.4, 0.5) is 0 Å². The molecule has 0 aromatic heterocycles. The van der Waals surface area contributed by atoms with E-state index in [-0.39, 0.29) is 5.60 Å². The van der Waals surface area contributed by atoms with Crippen LogP contribution in [-0.2, 0) is 4.74 Å². The zero-order valence-corrected chi connectivity index (χ0v) is 13.0. The summed E-state index contributed by atoms with van der Waals surface area (Å²) in [5.74, 6) is 0.674. The van der Waals surface area contributed by atoms with Gasteiger partial charge in [0.2, 0.25) is 0 Å². The first-order chi connectivity index (χ1) is 8.92. The number of methoxy groups -OCH3 is 1. The molecule has 1 N–H and O–H groups in total. The first-order valence-corrected chi connectivity index (χ1v) is 7.37. The van der Waals surface area contributed by atoms with Crippen LogP contribution in [0, 0.1) is 0 Å². The quantitative estimate of drug-likeness (QED) is 0.881. The molecule has 2 nitrogen and oxygen atoms in total. The first kappa shape index (κ1) is 14.8. The van der Waals surface area contributed by atoms with E-state index < -0.39 is 0 Å². The van der Waals surface area contributed by atoms with Gasteiger partial charge in [-0.25, -0.2) is 0 Å². The molecule has 0 amide bonds. The van der Waals surface area contributed by atoms with Gasteiger partial charge in [-0.15, -0.1) is 0 Å². The number of hydrogen-bond acceptors (Lipinski definition) is 2. The van der Waals surface area contributed by atoms with Gasteiger partial charge in [0, 0.05) is 24.2 Å². The average molecular weight is 282 g/mol. The predicted octanol–water partition coefficient (Wildman–Crippen LogP) is 3.99. The van der Waals surface area contributed by atoms with Crippen LogP contribution in [0.1, 0.15) is 45.1 Å². The number of ether oxygens (including phenoxy) is 1. The van der Waals surface area contributed by atoms with E-state index in [1.807, 2.05) is 12.1 Å². The van der Waals surface area contributed by atoms with Gasteiger partial charge in [-0.2, -0.15) is 0 Å². The second-order valence-corrected chi connectivity index (χ2v) is 6.55. The summed E-state index contributed by atoms with van der Waals surface area (Å²) in [5, 5.41) is 4.48. The minimum atomic E-state index is -0.120. The molecule has 1 aliphatic rings. The summed E-state index contributed by atoms with van der Waals surface area (Å²) < 4.78 is 5.52. The fraction of sp³-hybridized carbons (Fsp3) is 0.625. The molecule has 106 valence electrons. The molecule has 1 aromatic rings. The Hall–Kier alpha value is -0.570. The van der Waals surface area contributed by atoms with Gasteiger partial charge in [-0.3, -0.25) is 0 Å². The van der Waals surface area contributed by atoms with Crippen molar-refractivity contribution in [3.05, 3.63) is 34.9 Å². The van der Waals surface area contributed by atoms with Crippen LogP contribution < -0.4 is 5.32 Å². The average Bonchev–Trinajstić information content (AvgIpc) is 2.34. The minimum absolute atomic E-state index is 0.120. The molecule has 2 rings (SSSR count). The number of nitrogens with one attached hydrogen (secondary N) is 1. The summed E-state index contributed by atoms with van der Waals surface area (Å²) in [6, 6.07) is 9.21. The van der Waals surface area contributed by atoms with Gasteiger partial charge in [0.1, 0.15) is 0 Å². The van der Waals surface area contributed by atoms with Crippen molar-refractivity contribution in [1.82, 2.24) is 5.32 Å². The largest absolute Gasteiger partial charge is 0.377 e. The van der Waals surface area contributed by atoms with Crippen molar-refractivity contribution in [1.29, 1.82) is 0 Å². The normalized spacial score (nSPS) is 24.9. The zero-order valence-electron chi connectivity index (χ0n) is 12.2. The summed E-state index contributed by atoms with van der Waals surface area (Å²) in [4.78, 5) is 0. The molecular formula is C16H24ClNO. The third-order valence-electron chi connectivity index (χ3n) is 4.53. The molecule has 19 heavy (non-hydrogen) atoms. The Morgan fingerprint density at radius 2 is 1.84 bits per heavy atom. The molecule has 3 heteroatoms. The molecule has 0 heterocycles. The van der Waals surface area contributed by atoms with E-state index >= 15 is 0 Å². The monoisotopic (exact) mass is 281 g/mol. The maximum atomic E-state index is 5.91. The van der Waals surface area contributed by atoms with E-state index in [9.17, 15) is 0 Å². The van der Waals surface area contributed by atoms with E-state index in [0.717, 1.165) is 5.02 Å². The molecule has 1 aliphatic carbocycles. The third kappa shape index (κ3) is 3.50. The summed E-state index contributed by atoms with van der Waals surface area (Å²) in [6.07, 6.45) is 2.40. The van der Waals surface area contributed by atoms with Crippen molar-refractivity contribution in [2.45, 2.75) is 57.2 Å². The van der Waals surface area contributed by atoms with Crippen molar-refractivity contribution in [2.24, 2.45) is 0 Å². The van der Waals surface area contributed by atoms with E-state index in [1.54, 1.807) is 7.11 Å². The smallest absolute Gasteiger partial charge is 0.0772 e. The fourth-order valence-corrected chi connectivity index (χ4v) is 2.62. The molecule has 0 spiro atoms. The van der Waals surface area contributed by atoms with Gasteiger partial charge in [0.05, 0.1) is 5.60 Å². The first-order valence-electron chi connectivity index (χ1n) is 6.99. The Labute approximate surface area is 121 Å². The molecule has 1 fully saturated rings. The standard InChI is InChI=1S/C16H24ClNO/c1-11(16(2,3)19-4)18-15-9-13(10-15)12-5-7-14(17)8-6-12/h5-8,11,13,15,18H,9-10H2,1-4H3/t11-,13?,15?/m1/s1. The lowest BCUT2D eigenvalue weighted by Gasteiger charge is -2.41. The van der Waals surface area contributed by atoms with E-state index in [4.69, 9.17) is 16.3 Å². The van der Waals surface area contributed by atoms with Crippen LogP contribution in [0.15, 0.2) is 24.3 Å². The lowest BCUT2D eigenvalue weighted by atomic mass is 9.75. The molecule has 0 unspecified atom stereocenters. The van der Waals surface area contributed by atoms with Gasteiger partial charge in [0.25, 0.3) is 0 Å². The Morgan fingerprint density at radius 3 is 2.37 bits per heavy atom. The maximum absolute atomic E-state index is 5.91. The van der Waals surface area contributed by atoms with Gasteiger partial charge in [0.15, 0.2) is 0 Å². The highest BCUT2D eigenvalue weighted by Gasteiger charge is 2.34. The topological polar surface area (TPSA) is 21.3 Å². The Bertz CT molecular complexity index is 409. The lowest BCUT2D eigenvalue weighted by molar-refractivity contribution is -0.0118. The molecule has 1 aromatic carbocycles. The summed E-state index contributed by atoms with van der Waals surface area (Å²) >= 11 is 5.91. The van der Waals surface area contributed by atoms with Gasteiger partial charge in [-0.05, 0) is 57.2 Å². The number of hydrogen-bond donors (Lipinski definition) is 1. The number of rotatable bonds is 5. The molecule has 0 saturated heterocycles. The summed E-state index contributed by atoms with van der Waals surface area (Å²) in [5.41, 5.74) is 1.28. The van der Waals surface area contributed by atoms with E-state index in [0.29, 0.717) is 18.0 Å². The Kier molecular flexibility index (Phi) is 4.54. The van der Waals surface area contributed by atoms with Crippen molar-refractivity contribution < 1.29 is 4.74 Å². The number of benzene rings is 1. The summed E-state index contributed by atoms with van der Waals surface area (Å²) in [7, 11) is 1.77. The molecule has 0 bridgehead atoms. The van der Waals surface area contributed by atoms with Crippen LogP contribution in [0.2, 0.25) is 5.02 Å². The zero-order chi connectivity index (χ0) is 14.0. The van der Waals surface area contributed by atoms with Gasteiger partial charge >= 0.3 is 0 Å². The van der Waals surface area contributed by atoms with Crippen molar-refractivity contribution >= 4 is 11.6 Å². The van der Waals surface area contributed by atoms with E-state index in [2.05, 4.69) is 38.2 Å². The third-order valence-corrected chi connectivity index (χ3v) is 4.79. The van der Waals surface area contributed by atoms with Crippen LogP contribution in [0.25, 0.3) is 0 Å². The second-order valence-electron chi connectivity index (χ2n) is 6.11. The second kappa shape index (κ2) is 5.82. The Balaban J connectivity index is 1.82. The molecule has 0 radical (unpaired) electrons. The van der Waals surface area contributed by atoms with E-state index in [1.165, 1.54) is 18.4 Å². The molecule has 1 atom stereocenters. The maximum Gasteiger partial charge on any atom is 0.0772 e. The highest BCUT2D eigenvalue weighted by Crippen LogP contribution is 2.37. The lowest BCUT2D eigenvalue weighted by Crippen LogP contribution is -2.53. The van der Waals surface area contributed by atoms with Crippen molar-refractivity contribution in [3.63, 3.8) is 0 Å². The number of halogens is 1. The van der Waals surface area contributed by atoms with Crippen LogP contribution in [0.5, 0.6) is 0 Å². The minimum Gasteiger partial charge on any atom is -0.377 e.